The molecule has 1 atom stereocenters. The summed E-state index contributed by atoms with van der Waals surface area (Å²) in [6.45, 7) is 4.05. The van der Waals surface area contributed by atoms with Gasteiger partial charge in [-0.25, -0.2) is 4.84 Å². The first-order chi connectivity index (χ1) is 7.00. The monoisotopic (exact) mass is 215 g/mol. The largest absolute Gasteiger partial charge is 0.366 e. The summed E-state index contributed by atoms with van der Waals surface area (Å²) in [7, 11) is 0. The number of imide groups is 1. The molecule has 2 amide bonds. The molecule has 1 N–H and O–H groups in total. The topological polar surface area (TPSA) is 66.8 Å². The van der Waals surface area contributed by atoms with Crippen molar-refractivity contribution in [3.05, 3.63) is 0 Å². The fourth-order valence-electron chi connectivity index (χ4n) is 1.32. The number of hydrogen-bond acceptors (Lipinski definition) is 4. The van der Waals surface area contributed by atoms with Gasteiger partial charge in [0.25, 0.3) is 11.8 Å². The van der Waals surface area contributed by atoms with Gasteiger partial charge in [0.15, 0.2) is 6.29 Å². The van der Waals surface area contributed by atoms with Crippen LogP contribution in [0.3, 0.4) is 0 Å². The van der Waals surface area contributed by atoms with Crippen LogP contribution in [0.25, 0.3) is 0 Å². The second kappa shape index (κ2) is 5.23. The Morgan fingerprint density at radius 2 is 1.80 bits per heavy atom. The van der Waals surface area contributed by atoms with E-state index < -0.39 is 6.29 Å². The van der Waals surface area contributed by atoms with Gasteiger partial charge in [-0.2, -0.15) is 5.06 Å². The zero-order valence-corrected chi connectivity index (χ0v) is 9.10. The highest BCUT2D eigenvalue weighted by molar-refractivity contribution is 6.00. The predicted octanol–water partition coefficient (Wildman–Crippen LogP) is 0.822. The first kappa shape index (κ1) is 12.1. The van der Waals surface area contributed by atoms with Gasteiger partial charge in [0, 0.05) is 19.3 Å². The van der Waals surface area contributed by atoms with Crippen molar-refractivity contribution in [2.75, 3.05) is 0 Å². The molecule has 5 heteroatoms. The fraction of sp³-hybridized carbons (Fsp3) is 0.800. The fourth-order valence-corrected chi connectivity index (χ4v) is 1.32. The molecule has 0 bridgehead atoms. The molecule has 1 aliphatic rings. The van der Waals surface area contributed by atoms with Crippen LogP contribution in [0.1, 0.15) is 39.5 Å². The number of hydrogen-bond donors (Lipinski definition) is 1. The molecule has 1 heterocycles. The molecule has 15 heavy (non-hydrogen) atoms. The molecule has 1 unspecified atom stereocenters. The van der Waals surface area contributed by atoms with Gasteiger partial charge in [-0.05, 0) is 12.3 Å². The molecule has 0 saturated carbocycles. The molecule has 0 aromatic carbocycles. The number of hydroxylamine groups is 2. The Balaban J connectivity index is 2.33. The number of aliphatic hydroxyl groups is 1. The SMILES string of the molecule is CC(C)CCC(O)ON1C(=O)CCC1=O. The molecule has 0 aromatic rings. The normalized spacial score (nSPS) is 19.1. The second-order valence-electron chi connectivity index (χ2n) is 4.11. The summed E-state index contributed by atoms with van der Waals surface area (Å²) in [5.74, 6) is -0.291. The van der Waals surface area contributed by atoms with Gasteiger partial charge in [-0.3, -0.25) is 9.59 Å². The van der Waals surface area contributed by atoms with E-state index in [0.29, 0.717) is 17.4 Å². The summed E-state index contributed by atoms with van der Waals surface area (Å²) in [5, 5.41) is 10.1. The van der Waals surface area contributed by atoms with Crippen LogP contribution in [0.2, 0.25) is 0 Å². The van der Waals surface area contributed by atoms with Gasteiger partial charge in [-0.15, -0.1) is 0 Å². The third-order valence-corrected chi connectivity index (χ3v) is 2.22. The Bertz CT molecular complexity index is 236. The predicted molar refractivity (Wildman–Crippen MR) is 52.3 cm³/mol. The minimum Gasteiger partial charge on any atom is -0.366 e. The van der Waals surface area contributed by atoms with E-state index in [0.717, 1.165) is 6.42 Å². The lowest BCUT2D eigenvalue weighted by Gasteiger charge is -2.18. The molecule has 1 rings (SSSR count). The van der Waals surface area contributed by atoms with Crippen LogP contribution in [-0.2, 0) is 14.4 Å². The maximum Gasteiger partial charge on any atom is 0.254 e. The van der Waals surface area contributed by atoms with Crippen LogP contribution in [0, 0.1) is 5.92 Å². The molecular weight excluding hydrogens is 198 g/mol. The van der Waals surface area contributed by atoms with E-state index in [2.05, 4.69) is 0 Å². The van der Waals surface area contributed by atoms with Crippen molar-refractivity contribution < 1.29 is 19.5 Å². The van der Waals surface area contributed by atoms with Gasteiger partial charge in [-0.1, -0.05) is 13.8 Å². The maximum atomic E-state index is 11.1. The first-order valence-corrected chi connectivity index (χ1v) is 5.21. The standard InChI is InChI=1S/C10H17NO4/c1-7(2)3-6-10(14)15-11-8(12)4-5-9(11)13/h7,10,14H,3-6H2,1-2H3. The van der Waals surface area contributed by atoms with Gasteiger partial charge in [0.2, 0.25) is 0 Å². The highest BCUT2D eigenvalue weighted by Crippen LogP contribution is 2.15. The van der Waals surface area contributed by atoms with Crippen molar-refractivity contribution >= 4 is 11.8 Å². The molecule has 1 aliphatic heterocycles. The number of amides is 2. The summed E-state index contributed by atoms with van der Waals surface area (Å²) >= 11 is 0. The van der Waals surface area contributed by atoms with Crippen LogP contribution >= 0.6 is 0 Å². The lowest BCUT2D eigenvalue weighted by atomic mass is 10.1. The van der Waals surface area contributed by atoms with Crippen molar-refractivity contribution in [3.8, 4) is 0 Å². The van der Waals surface area contributed by atoms with Crippen LogP contribution in [0.15, 0.2) is 0 Å². The van der Waals surface area contributed by atoms with Crippen molar-refractivity contribution in [2.45, 2.75) is 45.8 Å². The van der Waals surface area contributed by atoms with Gasteiger partial charge < -0.3 is 5.11 Å². The molecule has 0 radical (unpaired) electrons. The smallest absolute Gasteiger partial charge is 0.254 e. The maximum absolute atomic E-state index is 11.1. The number of rotatable bonds is 5. The molecule has 0 spiro atoms. The third kappa shape index (κ3) is 3.60. The second-order valence-corrected chi connectivity index (χ2v) is 4.11. The highest BCUT2D eigenvalue weighted by atomic mass is 16.8. The number of carbonyl (C=O) groups excluding carboxylic acids is 2. The van der Waals surface area contributed by atoms with Crippen molar-refractivity contribution in [3.63, 3.8) is 0 Å². The zero-order chi connectivity index (χ0) is 11.4. The Kier molecular flexibility index (Phi) is 4.23. The summed E-state index contributed by atoms with van der Waals surface area (Å²) < 4.78 is 0. The molecular formula is C10H17NO4. The highest BCUT2D eigenvalue weighted by Gasteiger charge is 2.31. The molecule has 1 saturated heterocycles. The Morgan fingerprint density at radius 3 is 2.27 bits per heavy atom. The molecule has 5 nitrogen and oxygen atoms in total. The van der Waals surface area contributed by atoms with E-state index in [1.807, 2.05) is 13.8 Å². The number of carbonyl (C=O) groups is 2. The lowest BCUT2D eigenvalue weighted by Crippen LogP contribution is -2.34. The number of aliphatic hydroxyl groups excluding tert-OH is 1. The van der Waals surface area contributed by atoms with E-state index in [4.69, 9.17) is 4.84 Å². The molecule has 1 fully saturated rings. The quantitative estimate of drug-likeness (QED) is 0.544. The van der Waals surface area contributed by atoms with Crippen LogP contribution < -0.4 is 0 Å². The van der Waals surface area contributed by atoms with Crippen molar-refractivity contribution in [2.24, 2.45) is 5.92 Å². The Labute approximate surface area is 89.0 Å². The third-order valence-electron chi connectivity index (χ3n) is 2.22. The van der Waals surface area contributed by atoms with Gasteiger partial charge in [0.1, 0.15) is 0 Å². The van der Waals surface area contributed by atoms with Gasteiger partial charge >= 0.3 is 0 Å². The Morgan fingerprint density at radius 1 is 1.27 bits per heavy atom. The molecule has 86 valence electrons. The summed E-state index contributed by atoms with van der Waals surface area (Å²) in [4.78, 5) is 27.1. The zero-order valence-electron chi connectivity index (χ0n) is 9.10. The minimum atomic E-state index is -1.07. The average molecular weight is 215 g/mol. The van der Waals surface area contributed by atoms with Crippen LogP contribution in [-0.4, -0.2) is 28.3 Å². The van der Waals surface area contributed by atoms with Crippen LogP contribution in [0.4, 0.5) is 0 Å². The van der Waals surface area contributed by atoms with E-state index in [1.165, 1.54) is 0 Å². The lowest BCUT2D eigenvalue weighted by molar-refractivity contribution is -0.246. The minimum absolute atomic E-state index is 0.176. The van der Waals surface area contributed by atoms with Gasteiger partial charge in [0.05, 0.1) is 0 Å². The summed E-state index contributed by atoms with van der Waals surface area (Å²) in [5.41, 5.74) is 0. The van der Waals surface area contributed by atoms with Crippen molar-refractivity contribution in [1.29, 1.82) is 0 Å². The first-order valence-electron chi connectivity index (χ1n) is 5.21. The van der Waals surface area contributed by atoms with E-state index in [-0.39, 0.29) is 24.7 Å². The molecule has 0 aromatic heterocycles. The Hall–Kier alpha value is -0.940. The molecule has 0 aliphatic carbocycles. The average Bonchev–Trinajstić information content (AvgIpc) is 2.46. The van der Waals surface area contributed by atoms with E-state index >= 15 is 0 Å². The van der Waals surface area contributed by atoms with E-state index in [9.17, 15) is 14.7 Å². The summed E-state index contributed by atoms with van der Waals surface area (Å²) in [6.07, 6.45) is 0.496. The summed E-state index contributed by atoms with van der Waals surface area (Å²) in [6, 6.07) is 0. The number of nitrogens with zero attached hydrogens (tertiary/aromatic N) is 1. The van der Waals surface area contributed by atoms with E-state index in [1.54, 1.807) is 0 Å². The van der Waals surface area contributed by atoms with Crippen LogP contribution in [0.5, 0.6) is 0 Å². The van der Waals surface area contributed by atoms with Crippen molar-refractivity contribution in [1.82, 2.24) is 5.06 Å².